The molecular formula is C13H15F3N2O3S. The first-order valence-corrected chi connectivity index (χ1v) is 8.06. The summed E-state index contributed by atoms with van der Waals surface area (Å²) in [5, 5.41) is 0. The van der Waals surface area contributed by atoms with Crippen LogP contribution < -0.4 is 5.73 Å². The first kappa shape index (κ1) is 16.8. The van der Waals surface area contributed by atoms with Crippen molar-refractivity contribution in [2.24, 2.45) is 11.7 Å². The molecule has 1 aliphatic rings. The number of carbonyl (C=O) groups is 1. The number of halogens is 3. The molecule has 1 aromatic carbocycles. The van der Waals surface area contributed by atoms with Gasteiger partial charge in [0.2, 0.25) is 0 Å². The Labute approximate surface area is 125 Å². The Bertz CT molecular complexity index is 656. The SMILES string of the molecule is NCC1CCN(C(=O)c2ccc(S(=O)(=O)C(F)(F)F)cc2)C1. The number of hydrogen-bond donors (Lipinski definition) is 1. The average molecular weight is 336 g/mol. The Morgan fingerprint density at radius 1 is 1.27 bits per heavy atom. The van der Waals surface area contributed by atoms with E-state index in [2.05, 4.69) is 0 Å². The van der Waals surface area contributed by atoms with E-state index in [1.54, 1.807) is 4.90 Å². The second-order valence-electron chi connectivity index (χ2n) is 5.12. The molecule has 1 aliphatic heterocycles. The highest BCUT2D eigenvalue weighted by molar-refractivity contribution is 7.92. The van der Waals surface area contributed by atoms with E-state index < -0.39 is 20.2 Å². The summed E-state index contributed by atoms with van der Waals surface area (Å²) in [7, 11) is -5.39. The first-order chi connectivity index (χ1) is 10.2. The first-order valence-electron chi connectivity index (χ1n) is 6.57. The third kappa shape index (κ3) is 3.09. The lowest BCUT2D eigenvalue weighted by Crippen LogP contribution is -2.30. The number of amides is 1. The van der Waals surface area contributed by atoms with E-state index in [9.17, 15) is 26.4 Å². The van der Waals surface area contributed by atoms with Crippen LogP contribution >= 0.6 is 0 Å². The lowest BCUT2D eigenvalue weighted by Gasteiger charge is -2.16. The predicted octanol–water partition coefficient (Wildman–Crippen LogP) is 1.40. The van der Waals surface area contributed by atoms with Gasteiger partial charge in [0.1, 0.15) is 0 Å². The maximum atomic E-state index is 12.4. The molecule has 1 fully saturated rings. The van der Waals surface area contributed by atoms with Crippen LogP contribution in [0.15, 0.2) is 29.2 Å². The van der Waals surface area contributed by atoms with Crippen LogP contribution in [-0.4, -0.2) is 44.4 Å². The van der Waals surface area contributed by atoms with Crippen LogP contribution in [0.2, 0.25) is 0 Å². The molecule has 22 heavy (non-hydrogen) atoms. The van der Waals surface area contributed by atoms with Gasteiger partial charge in [-0.25, -0.2) is 8.42 Å². The van der Waals surface area contributed by atoms with Crippen molar-refractivity contribution in [1.29, 1.82) is 0 Å². The van der Waals surface area contributed by atoms with Crippen molar-refractivity contribution in [1.82, 2.24) is 4.90 Å². The van der Waals surface area contributed by atoms with Crippen molar-refractivity contribution in [3.63, 3.8) is 0 Å². The summed E-state index contributed by atoms with van der Waals surface area (Å²) in [6.45, 7) is 1.49. The number of nitrogens with zero attached hydrogens (tertiary/aromatic N) is 1. The van der Waals surface area contributed by atoms with Gasteiger partial charge in [-0.15, -0.1) is 0 Å². The highest BCUT2D eigenvalue weighted by atomic mass is 32.2. The summed E-state index contributed by atoms with van der Waals surface area (Å²) < 4.78 is 59.8. The minimum absolute atomic E-state index is 0.152. The predicted molar refractivity (Wildman–Crippen MR) is 72.7 cm³/mol. The summed E-state index contributed by atoms with van der Waals surface area (Å²) in [5.74, 6) is -0.124. The lowest BCUT2D eigenvalue weighted by atomic mass is 10.1. The van der Waals surface area contributed by atoms with Crippen LogP contribution in [0.4, 0.5) is 13.2 Å². The van der Waals surface area contributed by atoms with Crippen molar-refractivity contribution >= 4 is 15.7 Å². The van der Waals surface area contributed by atoms with Crippen LogP contribution in [0.1, 0.15) is 16.8 Å². The highest BCUT2D eigenvalue weighted by Gasteiger charge is 2.46. The van der Waals surface area contributed by atoms with E-state index in [1.807, 2.05) is 0 Å². The minimum Gasteiger partial charge on any atom is -0.338 e. The maximum Gasteiger partial charge on any atom is 0.501 e. The standard InChI is InChI=1S/C13H15F3N2O3S/c14-13(15,16)22(20,21)11-3-1-10(2-4-11)12(19)18-6-5-9(7-17)8-18/h1-4,9H,5-8,17H2. The van der Waals surface area contributed by atoms with E-state index in [1.165, 1.54) is 0 Å². The Hall–Kier alpha value is -1.61. The molecule has 1 saturated heterocycles. The highest BCUT2D eigenvalue weighted by Crippen LogP contribution is 2.30. The van der Waals surface area contributed by atoms with Gasteiger partial charge in [-0.05, 0) is 43.1 Å². The number of nitrogens with two attached hydrogens (primary N) is 1. The van der Waals surface area contributed by atoms with Gasteiger partial charge in [0, 0.05) is 18.7 Å². The normalized spacial score (nSPS) is 19.5. The summed E-state index contributed by atoms with van der Waals surface area (Å²) in [6.07, 6.45) is 0.781. The van der Waals surface area contributed by atoms with Crippen LogP contribution in [0.25, 0.3) is 0 Å². The second-order valence-corrected chi connectivity index (χ2v) is 7.06. The number of carbonyl (C=O) groups excluding carboxylic acids is 1. The molecule has 5 nitrogen and oxygen atoms in total. The molecule has 0 bridgehead atoms. The zero-order chi connectivity index (χ0) is 16.5. The molecule has 1 aromatic rings. The summed E-state index contributed by atoms with van der Waals surface area (Å²) >= 11 is 0. The summed E-state index contributed by atoms with van der Waals surface area (Å²) in [4.78, 5) is 12.9. The van der Waals surface area contributed by atoms with E-state index in [0.29, 0.717) is 19.6 Å². The zero-order valence-corrected chi connectivity index (χ0v) is 12.3. The van der Waals surface area contributed by atoms with Crippen molar-refractivity contribution in [3.8, 4) is 0 Å². The molecule has 1 unspecified atom stereocenters. The molecule has 2 rings (SSSR count). The number of alkyl halides is 3. The molecule has 0 aromatic heterocycles. The van der Waals surface area contributed by atoms with E-state index in [0.717, 1.165) is 30.7 Å². The summed E-state index contributed by atoms with van der Waals surface area (Å²) in [6, 6.07) is 3.78. The molecule has 0 aliphatic carbocycles. The molecule has 1 heterocycles. The maximum absolute atomic E-state index is 12.4. The number of likely N-dealkylation sites (tertiary alicyclic amines) is 1. The Balaban J connectivity index is 2.18. The smallest absolute Gasteiger partial charge is 0.338 e. The minimum atomic E-state index is -5.39. The third-order valence-electron chi connectivity index (χ3n) is 3.62. The van der Waals surface area contributed by atoms with Gasteiger partial charge >= 0.3 is 5.51 Å². The zero-order valence-electron chi connectivity index (χ0n) is 11.5. The monoisotopic (exact) mass is 336 g/mol. The molecule has 0 saturated carbocycles. The molecule has 0 radical (unpaired) electrons. The molecular weight excluding hydrogens is 321 g/mol. The fourth-order valence-corrected chi connectivity index (χ4v) is 3.06. The topological polar surface area (TPSA) is 80.5 Å². The molecule has 1 atom stereocenters. The fraction of sp³-hybridized carbons (Fsp3) is 0.462. The Kier molecular flexibility index (Phi) is 4.48. The van der Waals surface area contributed by atoms with Gasteiger partial charge in [0.25, 0.3) is 15.7 Å². The lowest BCUT2D eigenvalue weighted by molar-refractivity contribution is -0.0436. The summed E-state index contributed by atoms with van der Waals surface area (Å²) in [5.41, 5.74) is 0.324. The van der Waals surface area contributed by atoms with Crippen molar-refractivity contribution in [2.75, 3.05) is 19.6 Å². The van der Waals surface area contributed by atoms with Crippen molar-refractivity contribution in [2.45, 2.75) is 16.8 Å². The molecule has 2 N–H and O–H groups in total. The van der Waals surface area contributed by atoms with Crippen LogP contribution in [0.3, 0.4) is 0 Å². The third-order valence-corrected chi connectivity index (χ3v) is 5.12. The molecule has 0 spiro atoms. The number of rotatable bonds is 3. The van der Waals surface area contributed by atoms with Crippen LogP contribution in [0.5, 0.6) is 0 Å². The van der Waals surface area contributed by atoms with Crippen LogP contribution in [-0.2, 0) is 9.84 Å². The van der Waals surface area contributed by atoms with Crippen LogP contribution in [0, 0.1) is 5.92 Å². The fourth-order valence-electron chi connectivity index (χ4n) is 2.30. The number of sulfone groups is 1. The molecule has 9 heteroatoms. The number of hydrogen-bond acceptors (Lipinski definition) is 4. The quantitative estimate of drug-likeness (QED) is 0.905. The Morgan fingerprint density at radius 3 is 2.32 bits per heavy atom. The van der Waals surface area contributed by atoms with E-state index in [-0.39, 0.29) is 17.4 Å². The average Bonchev–Trinajstić information content (AvgIpc) is 2.94. The molecule has 1 amide bonds. The van der Waals surface area contributed by atoms with Gasteiger partial charge in [-0.1, -0.05) is 0 Å². The van der Waals surface area contributed by atoms with Gasteiger partial charge in [-0.3, -0.25) is 4.79 Å². The van der Waals surface area contributed by atoms with Gasteiger partial charge in [-0.2, -0.15) is 13.2 Å². The van der Waals surface area contributed by atoms with E-state index in [4.69, 9.17) is 5.73 Å². The van der Waals surface area contributed by atoms with E-state index >= 15 is 0 Å². The van der Waals surface area contributed by atoms with Crippen molar-refractivity contribution in [3.05, 3.63) is 29.8 Å². The van der Waals surface area contributed by atoms with Crippen molar-refractivity contribution < 1.29 is 26.4 Å². The van der Waals surface area contributed by atoms with Gasteiger partial charge in [0.05, 0.1) is 4.90 Å². The largest absolute Gasteiger partial charge is 0.501 e. The Morgan fingerprint density at radius 2 is 1.86 bits per heavy atom. The van der Waals surface area contributed by atoms with Gasteiger partial charge < -0.3 is 10.6 Å². The second kappa shape index (κ2) is 5.88. The van der Waals surface area contributed by atoms with Gasteiger partial charge in [0.15, 0.2) is 0 Å². The number of benzene rings is 1. The molecule has 122 valence electrons.